The summed E-state index contributed by atoms with van der Waals surface area (Å²) < 4.78 is 10.2. The van der Waals surface area contributed by atoms with Crippen LogP contribution in [-0.2, 0) is 9.47 Å². The zero-order chi connectivity index (χ0) is 14.8. The molecule has 0 aromatic heterocycles. The molecule has 6 heteroatoms. The summed E-state index contributed by atoms with van der Waals surface area (Å²) >= 11 is 5.79. The van der Waals surface area contributed by atoms with E-state index < -0.39 is 5.97 Å². The van der Waals surface area contributed by atoms with Crippen molar-refractivity contribution >= 4 is 23.3 Å². The number of unbranched alkanes of at least 4 members (excludes halogenated alkanes) is 1. The minimum absolute atomic E-state index is 0.189. The molecular formula is C14H20ClNO4. The van der Waals surface area contributed by atoms with E-state index in [0.29, 0.717) is 37.1 Å². The lowest BCUT2D eigenvalue weighted by atomic mass is 10.1. The van der Waals surface area contributed by atoms with Gasteiger partial charge in [0.2, 0.25) is 0 Å². The largest absolute Gasteiger partial charge is 0.478 e. The summed E-state index contributed by atoms with van der Waals surface area (Å²) in [6, 6.07) is 4.80. The molecule has 0 atom stereocenters. The number of benzene rings is 1. The van der Waals surface area contributed by atoms with E-state index in [1.54, 1.807) is 19.2 Å². The molecule has 0 heterocycles. The molecule has 0 aliphatic rings. The predicted octanol–water partition coefficient (Wildman–Crippen LogP) is 2.89. The van der Waals surface area contributed by atoms with Crippen LogP contribution in [0.3, 0.4) is 0 Å². The average Bonchev–Trinajstić information content (AvgIpc) is 2.43. The molecule has 0 aliphatic carbocycles. The lowest BCUT2D eigenvalue weighted by Gasteiger charge is -2.10. The second kappa shape index (κ2) is 9.58. The molecule has 1 rings (SSSR count). The van der Waals surface area contributed by atoms with Crippen molar-refractivity contribution < 1.29 is 19.4 Å². The molecule has 1 aromatic carbocycles. The van der Waals surface area contributed by atoms with Gasteiger partial charge in [-0.05, 0) is 31.0 Å². The number of nitrogens with one attached hydrogen (secondary N) is 1. The standard InChI is InChI=1S/C14H20ClNO4/c1-19-8-9-20-7-3-2-6-16-13-5-4-11(15)10-12(13)14(17)18/h4-5,10,16H,2-3,6-9H2,1H3,(H,17,18). The van der Waals surface area contributed by atoms with Crippen molar-refractivity contribution in [3.05, 3.63) is 28.8 Å². The maximum Gasteiger partial charge on any atom is 0.337 e. The van der Waals surface area contributed by atoms with Crippen LogP contribution in [0.25, 0.3) is 0 Å². The number of hydrogen-bond acceptors (Lipinski definition) is 4. The molecule has 5 nitrogen and oxygen atoms in total. The lowest BCUT2D eigenvalue weighted by molar-refractivity contribution is 0.0690. The smallest absolute Gasteiger partial charge is 0.337 e. The fourth-order valence-corrected chi connectivity index (χ4v) is 1.82. The van der Waals surface area contributed by atoms with Crippen LogP contribution in [0, 0.1) is 0 Å². The minimum Gasteiger partial charge on any atom is -0.478 e. The summed E-state index contributed by atoms with van der Waals surface area (Å²) in [6.07, 6.45) is 1.81. The molecule has 1 aromatic rings. The van der Waals surface area contributed by atoms with Crippen LogP contribution >= 0.6 is 11.6 Å². The summed E-state index contributed by atoms with van der Waals surface area (Å²) in [5.74, 6) is -0.988. The fraction of sp³-hybridized carbons (Fsp3) is 0.500. The van der Waals surface area contributed by atoms with Gasteiger partial charge in [0.25, 0.3) is 0 Å². The Morgan fingerprint density at radius 2 is 2.10 bits per heavy atom. The molecule has 0 unspecified atom stereocenters. The number of rotatable bonds is 10. The summed E-state index contributed by atoms with van der Waals surface area (Å²) in [7, 11) is 1.64. The van der Waals surface area contributed by atoms with Gasteiger partial charge >= 0.3 is 5.97 Å². The Bertz CT molecular complexity index is 426. The first-order valence-corrected chi connectivity index (χ1v) is 6.86. The Morgan fingerprint density at radius 1 is 1.30 bits per heavy atom. The molecular weight excluding hydrogens is 282 g/mol. The van der Waals surface area contributed by atoms with Crippen molar-refractivity contribution in [2.75, 3.05) is 38.8 Å². The SMILES string of the molecule is COCCOCCCCNc1ccc(Cl)cc1C(=O)O. The first-order valence-electron chi connectivity index (χ1n) is 6.48. The van der Waals surface area contributed by atoms with Crippen molar-refractivity contribution in [2.45, 2.75) is 12.8 Å². The normalized spacial score (nSPS) is 10.5. The van der Waals surface area contributed by atoms with Crippen LogP contribution in [-0.4, -0.2) is 44.6 Å². The summed E-state index contributed by atoms with van der Waals surface area (Å²) in [6.45, 7) is 2.57. The van der Waals surface area contributed by atoms with Gasteiger partial charge in [-0.25, -0.2) is 4.79 Å². The van der Waals surface area contributed by atoms with Crippen molar-refractivity contribution in [1.29, 1.82) is 0 Å². The van der Waals surface area contributed by atoms with Gasteiger partial charge in [-0.1, -0.05) is 11.6 Å². The van der Waals surface area contributed by atoms with Gasteiger partial charge < -0.3 is 19.9 Å². The molecule has 0 fully saturated rings. The van der Waals surface area contributed by atoms with Crippen LogP contribution in [0.15, 0.2) is 18.2 Å². The molecule has 0 radical (unpaired) electrons. The second-order valence-corrected chi connectivity index (χ2v) is 4.67. The second-order valence-electron chi connectivity index (χ2n) is 4.23. The number of halogens is 1. The van der Waals surface area contributed by atoms with E-state index >= 15 is 0 Å². The van der Waals surface area contributed by atoms with Gasteiger partial charge in [0, 0.05) is 31.0 Å². The summed E-state index contributed by atoms with van der Waals surface area (Å²) in [5.41, 5.74) is 0.774. The summed E-state index contributed by atoms with van der Waals surface area (Å²) in [5, 5.41) is 12.6. The fourth-order valence-electron chi connectivity index (χ4n) is 1.64. The maximum atomic E-state index is 11.1. The third kappa shape index (κ3) is 6.23. The maximum absolute atomic E-state index is 11.1. The van der Waals surface area contributed by atoms with E-state index in [9.17, 15) is 4.79 Å². The quantitative estimate of drug-likeness (QED) is 0.650. The monoisotopic (exact) mass is 301 g/mol. The predicted molar refractivity (Wildman–Crippen MR) is 78.8 cm³/mol. The highest BCUT2D eigenvalue weighted by molar-refractivity contribution is 6.31. The number of hydrogen-bond donors (Lipinski definition) is 2. The van der Waals surface area contributed by atoms with E-state index in [-0.39, 0.29) is 5.56 Å². The number of aromatic carboxylic acids is 1. The van der Waals surface area contributed by atoms with E-state index in [1.165, 1.54) is 6.07 Å². The van der Waals surface area contributed by atoms with E-state index in [4.69, 9.17) is 26.2 Å². The van der Waals surface area contributed by atoms with E-state index in [2.05, 4.69) is 5.32 Å². The number of anilines is 1. The van der Waals surface area contributed by atoms with E-state index in [0.717, 1.165) is 12.8 Å². The molecule has 0 spiro atoms. The van der Waals surface area contributed by atoms with Gasteiger partial charge in [0.1, 0.15) is 0 Å². The molecule has 2 N–H and O–H groups in total. The van der Waals surface area contributed by atoms with Crippen LogP contribution in [0.1, 0.15) is 23.2 Å². The molecule has 0 saturated heterocycles. The van der Waals surface area contributed by atoms with Crippen molar-refractivity contribution in [1.82, 2.24) is 0 Å². The van der Waals surface area contributed by atoms with Crippen molar-refractivity contribution in [3.63, 3.8) is 0 Å². The number of carboxylic acids is 1. The van der Waals surface area contributed by atoms with Gasteiger partial charge in [-0.2, -0.15) is 0 Å². The highest BCUT2D eigenvalue weighted by atomic mass is 35.5. The zero-order valence-corrected chi connectivity index (χ0v) is 12.3. The van der Waals surface area contributed by atoms with E-state index in [1.807, 2.05) is 0 Å². The first-order chi connectivity index (χ1) is 9.65. The van der Waals surface area contributed by atoms with Gasteiger partial charge in [0.15, 0.2) is 0 Å². The Hall–Kier alpha value is -1.30. The first kappa shape index (κ1) is 16.8. The van der Waals surface area contributed by atoms with Crippen LogP contribution in [0.4, 0.5) is 5.69 Å². The molecule has 0 bridgehead atoms. The zero-order valence-electron chi connectivity index (χ0n) is 11.5. The van der Waals surface area contributed by atoms with Gasteiger partial charge in [-0.15, -0.1) is 0 Å². The summed E-state index contributed by atoms with van der Waals surface area (Å²) in [4.78, 5) is 11.1. The molecule has 0 amide bonds. The Balaban J connectivity index is 2.27. The number of carboxylic acid groups (broad SMARTS) is 1. The highest BCUT2D eigenvalue weighted by Gasteiger charge is 2.09. The molecule has 112 valence electrons. The number of carbonyl (C=O) groups is 1. The lowest BCUT2D eigenvalue weighted by Crippen LogP contribution is -2.09. The topological polar surface area (TPSA) is 67.8 Å². The Kier molecular flexibility index (Phi) is 8.02. The van der Waals surface area contributed by atoms with Crippen LogP contribution in [0.2, 0.25) is 5.02 Å². The van der Waals surface area contributed by atoms with Gasteiger partial charge in [0.05, 0.1) is 18.8 Å². The molecule has 0 aliphatic heterocycles. The molecule has 0 saturated carbocycles. The minimum atomic E-state index is -0.988. The third-order valence-corrected chi connectivity index (χ3v) is 2.91. The average molecular weight is 302 g/mol. The number of ether oxygens (including phenoxy) is 2. The number of methoxy groups -OCH3 is 1. The Labute approximate surface area is 123 Å². The van der Waals surface area contributed by atoms with Crippen molar-refractivity contribution in [3.8, 4) is 0 Å². The van der Waals surface area contributed by atoms with Gasteiger partial charge in [-0.3, -0.25) is 0 Å². The van der Waals surface area contributed by atoms with Crippen LogP contribution < -0.4 is 5.32 Å². The van der Waals surface area contributed by atoms with Crippen LogP contribution in [0.5, 0.6) is 0 Å². The van der Waals surface area contributed by atoms with Crippen molar-refractivity contribution in [2.24, 2.45) is 0 Å². The third-order valence-electron chi connectivity index (χ3n) is 2.67. The highest BCUT2D eigenvalue weighted by Crippen LogP contribution is 2.20. The Morgan fingerprint density at radius 3 is 2.80 bits per heavy atom. The molecule has 20 heavy (non-hydrogen) atoms.